The summed E-state index contributed by atoms with van der Waals surface area (Å²) in [7, 11) is 2.64. The Morgan fingerprint density at radius 2 is 1.94 bits per heavy atom. The second-order valence-electron chi connectivity index (χ2n) is 3.17. The highest BCUT2D eigenvalue weighted by atomic mass is 35.5. The van der Waals surface area contributed by atoms with Crippen molar-refractivity contribution in [1.29, 1.82) is 0 Å². The minimum absolute atomic E-state index is 0.234. The van der Waals surface area contributed by atoms with Crippen molar-refractivity contribution in [3.63, 3.8) is 0 Å². The van der Waals surface area contributed by atoms with Crippen molar-refractivity contribution in [2.75, 3.05) is 14.2 Å². The minimum Gasteiger partial charge on any atom is -0.497 e. The average molecular weight is 256 g/mol. The number of hydrogen-bond acceptors (Lipinski definition) is 4. The van der Waals surface area contributed by atoms with E-state index in [2.05, 4.69) is 0 Å². The van der Waals surface area contributed by atoms with Gasteiger partial charge in [-0.15, -0.1) is 0 Å². The molecule has 0 fully saturated rings. The summed E-state index contributed by atoms with van der Waals surface area (Å²) >= 11 is 5.01. The summed E-state index contributed by atoms with van der Waals surface area (Å²) in [5.74, 6) is -1.21. The zero-order valence-corrected chi connectivity index (χ0v) is 10.0. The Morgan fingerprint density at radius 1 is 1.29 bits per heavy atom. The number of benzene rings is 1. The molecule has 17 heavy (non-hydrogen) atoms. The Hall–Kier alpha value is -1.88. The maximum absolute atomic E-state index is 11.8. The van der Waals surface area contributed by atoms with Crippen LogP contribution >= 0.6 is 11.6 Å². The molecule has 1 rings (SSSR count). The molecule has 1 aromatic rings. The number of carbonyl (C=O) groups excluding carboxylic acids is 3. The number of likely N-dealkylation sites (N-methyl/N-ethyl adjacent to an activating group) is 1. The molecule has 0 unspecified atom stereocenters. The second-order valence-corrected chi connectivity index (χ2v) is 3.52. The molecule has 0 spiro atoms. The van der Waals surface area contributed by atoms with Crippen LogP contribution in [0.25, 0.3) is 0 Å². The van der Waals surface area contributed by atoms with Crippen molar-refractivity contribution in [2.45, 2.75) is 0 Å². The Bertz CT molecular complexity index is 472. The van der Waals surface area contributed by atoms with Crippen molar-refractivity contribution in [3.8, 4) is 5.75 Å². The molecule has 0 aromatic heterocycles. The molecule has 1 aromatic carbocycles. The molecule has 0 aliphatic heterocycles. The largest absolute Gasteiger partial charge is 0.497 e. The van der Waals surface area contributed by atoms with E-state index in [-0.39, 0.29) is 5.56 Å². The summed E-state index contributed by atoms with van der Waals surface area (Å²) in [4.78, 5) is 34.3. The molecule has 5 nitrogen and oxygen atoms in total. The van der Waals surface area contributed by atoms with Crippen molar-refractivity contribution in [1.82, 2.24) is 4.90 Å². The quantitative estimate of drug-likeness (QED) is 0.598. The third kappa shape index (κ3) is 3.04. The lowest BCUT2D eigenvalue weighted by Gasteiger charge is -2.13. The first-order chi connectivity index (χ1) is 7.97. The summed E-state index contributed by atoms with van der Waals surface area (Å²) in [5, 5.41) is -1.20. The molecule has 0 bridgehead atoms. The molecule has 0 N–H and O–H groups in total. The predicted molar refractivity (Wildman–Crippen MR) is 61.0 cm³/mol. The van der Waals surface area contributed by atoms with Crippen molar-refractivity contribution in [3.05, 3.63) is 29.8 Å². The molecular formula is C11H10ClNO4. The summed E-state index contributed by atoms with van der Waals surface area (Å²) in [6.07, 6.45) is 0. The first-order valence-electron chi connectivity index (χ1n) is 4.63. The van der Waals surface area contributed by atoms with Gasteiger partial charge in [0.1, 0.15) is 5.75 Å². The van der Waals surface area contributed by atoms with Gasteiger partial charge in [-0.2, -0.15) is 0 Å². The SMILES string of the molecule is COc1cccc(C(=O)N(C)C(=O)C(=O)Cl)c1. The van der Waals surface area contributed by atoms with Gasteiger partial charge >= 0.3 is 11.1 Å². The smallest absolute Gasteiger partial charge is 0.313 e. The number of hydrogen-bond donors (Lipinski definition) is 0. The van der Waals surface area contributed by atoms with E-state index in [1.165, 1.54) is 26.3 Å². The summed E-state index contributed by atoms with van der Waals surface area (Å²) in [5.41, 5.74) is 0.234. The van der Waals surface area contributed by atoms with E-state index in [9.17, 15) is 14.4 Å². The first kappa shape index (κ1) is 13.2. The third-order valence-corrected chi connectivity index (χ3v) is 2.26. The number of rotatable bonds is 3. The fourth-order valence-corrected chi connectivity index (χ4v) is 1.30. The Labute approximate surface area is 103 Å². The number of nitrogens with zero attached hydrogens (tertiary/aromatic N) is 1. The number of halogens is 1. The fraction of sp³-hybridized carbons (Fsp3) is 0.182. The number of methoxy groups -OCH3 is 1. The lowest BCUT2D eigenvalue weighted by molar-refractivity contribution is -0.138. The first-order valence-corrected chi connectivity index (χ1v) is 5.01. The number of amides is 2. The van der Waals surface area contributed by atoms with Gasteiger partial charge in [-0.1, -0.05) is 6.07 Å². The van der Waals surface area contributed by atoms with Gasteiger partial charge in [0.25, 0.3) is 5.91 Å². The Morgan fingerprint density at radius 3 is 2.47 bits per heavy atom. The van der Waals surface area contributed by atoms with Crippen LogP contribution in [-0.2, 0) is 9.59 Å². The van der Waals surface area contributed by atoms with Gasteiger partial charge in [0.2, 0.25) is 0 Å². The molecule has 0 heterocycles. The molecule has 0 saturated heterocycles. The fourth-order valence-electron chi connectivity index (χ4n) is 1.17. The number of carbonyl (C=O) groups is 3. The molecule has 90 valence electrons. The zero-order chi connectivity index (χ0) is 13.0. The maximum Gasteiger partial charge on any atom is 0.313 e. The average Bonchev–Trinajstić information content (AvgIpc) is 2.36. The van der Waals surface area contributed by atoms with Crippen LogP contribution in [0.3, 0.4) is 0 Å². The van der Waals surface area contributed by atoms with Crippen molar-refractivity contribution in [2.24, 2.45) is 0 Å². The topological polar surface area (TPSA) is 63.7 Å². The molecule has 0 aliphatic rings. The predicted octanol–water partition coefficient (Wildman–Crippen LogP) is 1.06. The maximum atomic E-state index is 11.8. The lowest BCUT2D eigenvalue weighted by atomic mass is 10.2. The van der Waals surface area contributed by atoms with Crippen LogP contribution < -0.4 is 4.74 Å². The van der Waals surface area contributed by atoms with Gasteiger partial charge in [0, 0.05) is 12.6 Å². The monoisotopic (exact) mass is 255 g/mol. The van der Waals surface area contributed by atoms with E-state index in [1.54, 1.807) is 12.1 Å². The van der Waals surface area contributed by atoms with Gasteiger partial charge in [-0.25, -0.2) is 0 Å². The second kappa shape index (κ2) is 5.45. The van der Waals surface area contributed by atoms with Crippen molar-refractivity contribution >= 4 is 28.7 Å². The normalized spacial score (nSPS) is 9.59. The number of imide groups is 1. The van der Waals surface area contributed by atoms with E-state index in [1.807, 2.05) is 0 Å². The van der Waals surface area contributed by atoms with Crippen LogP contribution in [0.15, 0.2) is 24.3 Å². The highest BCUT2D eigenvalue weighted by Crippen LogP contribution is 2.14. The molecule has 0 atom stereocenters. The van der Waals surface area contributed by atoms with Crippen molar-refractivity contribution < 1.29 is 19.1 Å². The van der Waals surface area contributed by atoms with E-state index >= 15 is 0 Å². The van der Waals surface area contributed by atoms with E-state index in [4.69, 9.17) is 16.3 Å². The summed E-state index contributed by atoms with van der Waals surface area (Å²) in [6.45, 7) is 0. The zero-order valence-electron chi connectivity index (χ0n) is 9.27. The highest BCUT2D eigenvalue weighted by molar-refractivity contribution is 6.81. The van der Waals surface area contributed by atoms with Gasteiger partial charge < -0.3 is 4.74 Å². The van der Waals surface area contributed by atoms with Gasteiger partial charge in [0.05, 0.1) is 7.11 Å². The molecule has 6 heteroatoms. The lowest BCUT2D eigenvalue weighted by Crippen LogP contribution is -2.36. The van der Waals surface area contributed by atoms with E-state index in [0.717, 1.165) is 0 Å². The standard InChI is InChI=1S/C11H10ClNO4/c1-13(11(16)9(12)14)10(15)7-4-3-5-8(6-7)17-2/h3-6H,1-2H3. The van der Waals surface area contributed by atoms with Crippen LogP contribution in [0.1, 0.15) is 10.4 Å². The van der Waals surface area contributed by atoms with E-state index in [0.29, 0.717) is 10.6 Å². The molecule has 0 aliphatic carbocycles. The summed E-state index contributed by atoms with van der Waals surface area (Å²) in [6, 6.07) is 6.23. The molecule has 0 radical (unpaired) electrons. The Kier molecular flexibility index (Phi) is 4.23. The minimum atomic E-state index is -1.20. The molecular weight excluding hydrogens is 246 g/mol. The molecule has 2 amide bonds. The van der Waals surface area contributed by atoms with Crippen LogP contribution in [0.4, 0.5) is 0 Å². The van der Waals surface area contributed by atoms with Gasteiger partial charge in [-0.05, 0) is 29.8 Å². The van der Waals surface area contributed by atoms with Crippen LogP contribution in [0.2, 0.25) is 0 Å². The Balaban J connectivity index is 2.96. The number of ether oxygens (including phenoxy) is 1. The van der Waals surface area contributed by atoms with Crippen LogP contribution in [-0.4, -0.2) is 36.1 Å². The van der Waals surface area contributed by atoms with Crippen LogP contribution in [0, 0.1) is 0 Å². The van der Waals surface area contributed by atoms with Crippen LogP contribution in [0.5, 0.6) is 5.75 Å². The van der Waals surface area contributed by atoms with E-state index < -0.39 is 17.1 Å². The van der Waals surface area contributed by atoms with Gasteiger partial charge in [0.15, 0.2) is 0 Å². The van der Waals surface area contributed by atoms with Gasteiger partial charge in [-0.3, -0.25) is 19.3 Å². The highest BCUT2D eigenvalue weighted by Gasteiger charge is 2.23. The third-order valence-electron chi connectivity index (χ3n) is 2.09. The summed E-state index contributed by atoms with van der Waals surface area (Å²) < 4.78 is 4.94. The molecule has 0 saturated carbocycles.